The third kappa shape index (κ3) is 3.82. The highest BCUT2D eigenvalue weighted by Gasteiger charge is 2.13. The lowest BCUT2D eigenvalue weighted by molar-refractivity contribution is 0.0941. The molecule has 0 aliphatic carbocycles. The summed E-state index contributed by atoms with van der Waals surface area (Å²) >= 11 is 0. The van der Waals surface area contributed by atoms with Crippen LogP contribution in [0.4, 0.5) is 0 Å². The Bertz CT molecular complexity index is 636. The molecular weight excluding hydrogens is 270 g/mol. The Hall–Kier alpha value is -2.83. The van der Waals surface area contributed by atoms with Crippen molar-refractivity contribution in [2.75, 3.05) is 0 Å². The zero-order chi connectivity index (χ0) is 15.2. The van der Waals surface area contributed by atoms with Gasteiger partial charge in [0.25, 0.3) is 5.91 Å². The summed E-state index contributed by atoms with van der Waals surface area (Å²) in [7, 11) is 0. The minimum Gasteiger partial charge on any atom is -0.409 e. The van der Waals surface area contributed by atoms with Gasteiger partial charge in [-0.3, -0.25) is 4.79 Å². The van der Waals surface area contributed by atoms with E-state index < -0.39 is 0 Å². The number of benzene rings is 1. The number of aromatic nitrogens is 2. The van der Waals surface area contributed by atoms with Gasteiger partial charge in [0.1, 0.15) is 5.84 Å². The highest BCUT2D eigenvalue weighted by molar-refractivity contribution is 5.94. The first-order valence-electron chi connectivity index (χ1n) is 6.47. The number of para-hydroxylation sites is 1. The SMILES string of the molecule is CC(CC(N)=NO)NC(=O)c1cnn(-c2ccccc2)c1. The van der Waals surface area contributed by atoms with E-state index in [9.17, 15) is 4.79 Å². The first kappa shape index (κ1) is 14.6. The Morgan fingerprint density at radius 3 is 2.86 bits per heavy atom. The molecule has 0 fully saturated rings. The van der Waals surface area contributed by atoms with Crippen LogP contribution >= 0.6 is 0 Å². The van der Waals surface area contributed by atoms with Gasteiger partial charge in [0.15, 0.2) is 0 Å². The maximum Gasteiger partial charge on any atom is 0.254 e. The molecule has 0 aliphatic heterocycles. The van der Waals surface area contributed by atoms with Gasteiger partial charge >= 0.3 is 0 Å². The molecule has 0 spiro atoms. The lowest BCUT2D eigenvalue weighted by Crippen LogP contribution is -2.35. The minimum atomic E-state index is -0.254. The van der Waals surface area contributed by atoms with Crippen LogP contribution in [0.3, 0.4) is 0 Å². The van der Waals surface area contributed by atoms with Gasteiger partial charge in [-0.1, -0.05) is 23.4 Å². The smallest absolute Gasteiger partial charge is 0.254 e. The highest BCUT2D eigenvalue weighted by atomic mass is 16.4. The lowest BCUT2D eigenvalue weighted by atomic mass is 10.2. The molecule has 7 heteroatoms. The molecule has 0 aliphatic rings. The zero-order valence-corrected chi connectivity index (χ0v) is 11.6. The Morgan fingerprint density at radius 2 is 2.19 bits per heavy atom. The molecule has 1 unspecified atom stereocenters. The van der Waals surface area contributed by atoms with Crippen LogP contribution < -0.4 is 11.1 Å². The van der Waals surface area contributed by atoms with E-state index in [-0.39, 0.29) is 24.2 Å². The van der Waals surface area contributed by atoms with Crippen LogP contribution in [-0.2, 0) is 0 Å². The van der Waals surface area contributed by atoms with Crippen LogP contribution in [0.15, 0.2) is 47.9 Å². The molecule has 110 valence electrons. The van der Waals surface area contributed by atoms with Crippen LogP contribution in [-0.4, -0.2) is 32.8 Å². The summed E-state index contributed by atoms with van der Waals surface area (Å²) < 4.78 is 1.63. The molecule has 1 atom stereocenters. The number of rotatable bonds is 5. The van der Waals surface area contributed by atoms with Crippen molar-refractivity contribution in [3.05, 3.63) is 48.3 Å². The van der Waals surface area contributed by atoms with Crippen LogP contribution in [0, 0.1) is 0 Å². The lowest BCUT2D eigenvalue weighted by Gasteiger charge is -2.11. The average molecular weight is 287 g/mol. The van der Waals surface area contributed by atoms with Crippen molar-refractivity contribution in [1.82, 2.24) is 15.1 Å². The van der Waals surface area contributed by atoms with Gasteiger partial charge in [-0.05, 0) is 19.1 Å². The quantitative estimate of drug-likeness (QED) is 0.332. The van der Waals surface area contributed by atoms with Gasteiger partial charge < -0.3 is 16.3 Å². The van der Waals surface area contributed by atoms with Gasteiger partial charge in [-0.2, -0.15) is 5.10 Å². The van der Waals surface area contributed by atoms with Gasteiger partial charge in [-0.15, -0.1) is 0 Å². The fourth-order valence-electron chi connectivity index (χ4n) is 1.87. The van der Waals surface area contributed by atoms with Crippen molar-refractivity contribution < 1.29 is 10.0 Å². The zero-order valence-electron chi connectivity index (χ0n) is 11.6. The molecule has 0 saturated carbocycles. The Morgan fingerprint density at radius 1 is 1.48 bits per heavy atom. The molecule has 4 N–H and O–H groups in total. The highest BCUT2D eigenvalue weighted by Crippen LogP contribution is 2.08. The van der Waals surface area contributed by atoms with E-state index in [1.807, 2.05) is 30.3 Å². The summed E-state index contributed by atoms with van der Waals surface area (Å²) in [5.74, 6) is -0.182. The van der Waals surface area contributed by atoms with Crippen molar-refractivity contribution >= 4 is 11.7 Å². The maximum atomic E-state index is 12.1. The maximum absolute atomic E-state index is 12.1. The number of hydrogen-bond donors (Lipinski definition) is 3. The monoisotopic (exact) mass is 287 g/mol. The topological polar surface area (TPSA) is 106 Å². The largest absolute Gasteiger partial charge is 0.409 e. The van der Waals surface area contributed by atoms with E-state index >= 15 is 0 Å². The van der Waals surface area contributed by atoms with Gasteiger partial charge in [0.05, 0.1) is 17.4 Å². The Labute approximate surface area is 122 Å². The van der Waals surface area contributed by atoms with Crippen LogP contribution in [0.5, 0.6) is 0 Å². The van der Waals surface area contributed by atoms with Crippen LogP contribution in [0.2, 0.25) is 0 Å². The number of nitrogens with two attached hydrogens (primary N) is 1. The molecule has 1 amide bonds. The molecule has 2 rings (SSSR count). The predicted molar refractivity (Wildman–Crippen MR) is 78.5 cm³/mol. The minimum absolute atomic E-state index is 0.0720. The first-order valence-corrected chi connectivity index (χ1v) is 6.47. The summed E-state index contributed by atoms with van der Waals surface area (Å²) in [5.41, 5.74) is 6.73. The van der Waals surface area contributed by atoms with Gasteiger partial charge in [-0.25, -0.2) is 4.68 Å². The number of nitrogens with one attached hydrogen (secondary N) is 1. The molecule has 7 nitrogen and oxygen atoms in total. The molecule has 1 heterocycles. The summed E-state index contributed by atoms with van der Waals surface area (Å²) in [4.78, 5) is 12.1. The number of carbonyl (C=O) groups excluding carboxylic acids is 1. The second kappa shape index (κ2) is 6.56. The van der Waals surface area contributed by atoms with Gasteiger partial charge in [0, 0.05) is 18.7 Å². The number of carbonyl (C=O) groups is 1. The summed E-state index contributed by atoms with van der Waals surface area (Å²) in [6.07, 6.45) is 3.43. The van der Waals surface area contributed by atoms with E-state index in [2.05, 4.69) is 15.6 Å². The number of oxime groups is 1. The van der Waals surface area contributed by atoms with E-state index in [1.54, 1.807) is 17.8 Å². The summed E-state index contributed by atoms with van der Waals surface area (Å²) in [6.45, 7) is 1.78. The molecule has 2 aromatic rings. The van der Waals surface area contributed by atoms with Crippen molar-refractivity contribution in [3.63, 3.8) is 0 Å². The first-order chi connectivity index (χ1) is 10.1. The summed E-state index contributed by atoms with van der Waals surface area (Å²) in [6, 6.07) is 9.26. The fraction of sp³-hybridized carbons (Fsp3) is 0.214. The number of amidine groups is 1. The molecule has 0 radical (unpaired) electrons. The van der Waals surface area contributed by atoms with Crippen LogP contribution in [0.1, 0.15) is 23.7 Å². The Kier molecular flexibility index (Phi) is 4.55. The molecule has 0 bridgehead atoms. The average Bonchev–Trinajstić information content (AvgIpc) is 2.97. The van der Waals surface area contributed by atoms with E-state index in [1.165, 1.54) is 6.20 Å². The third-order valence-electron chi connectivity index (χ3n) is 2.89. The van der Waals surface area contributed by atoms with Gasteiger partial charge in [0.2, 0.25) is 0 Å². The standard InChI is InChI=1S/C14H17N5O2/c1-10(7-13(15)18-21)17-14(20)11-8-16-19(9-11)12-5-3-2-4-6-12/h2-6,8-10,21H,7H2,1H3,(H2,15,18)(H,17,20). The fourth-order valence-corrected chi connectivity index (χ4v) is 1.87. The summed E-state index contributed by atoms with van der Waals surface area (Å²) in [5, 5.41) is 18.3. The van der Waals surface area contributed by atoms with Crippen molar-refractivity contribution in [3.8, 4) is 5.69 Å². The second-order valence-electron chi connectivity index (χ2n) is 4.68. The van der Waals surface area contributed by atoms with E-state index in [0.717, 1.165) is 5.69 Å². The second-order valence-corrected chi connectivity index (χ2v) is 4.68. The number of nitrogens with zero attached hydrogens (tertiary/aromatic N) is 3. The predicted octanol–water partition coefficient (Wildman–Crippen LogP) is 1.13. The van der Waals surface area contributed by atoms with Crippen molar-refractivity contribution in [2.45, 2.75) is 19.4 Å². The molecule has 1 aromatic carbocycles. The molecular formula is C14H17N5O2. The molecule has 21 heavy (non-hydrogen) atoms. The normalized spacial score (nSPS) is 12.9. The third-order valence-corrected chi connectivity index (χ3v) is 2.89. The molecule has 0 saturated heterocycles. The number of hydrogen-bond acceptors (Lipinski definition) is 4. The van der Waals surface area contributed by atoms with Crippen molar-refractivity contribution in [1.29, 1.82) is 0 Å². The Balaban J connectivity index is 2.03. The van der Waals surface area contributed by atoms with E-state index in [0.29, 0.717) is 5.56 Å². The van der Waals surface area contributed by atoms with Crippen LogP contribution in [0.25, 0.3) is 5.69 Å². The molecule has 1 aromatic heterocycles. The van der Waals surface area contributed by atoms with E-state index in [4.69, 9.17) is 10.9 Å². The van der Waals surface area contributed by atoms with Crippen molar-refractivity contribution in [2.24, 2.45) is 10.9 Å². The number of amides is 1.